The second-order valence-electron chi connectivity index (χ2n) is 6.00. The molecule has 0 radical (unpaired) electrons. The molecule has 1 saturated heterocycles. The van der Waals surface area contributed by atoms with Crippen molar-refractivity contribution in [2.24, 2.45) is 0 Å². The van der Waals surface area contributed by atoms with Crippen LogP contribution in [0.1, 0.15) is 36.4 Å². The monoisotopic (exact) mass is 313 g/mol. The number of amides is 1. The van der Waals surface area contributed by atoms with Crippen LogP contribution < -0.4 is 0 Å². The molecule has 2 aromatic carbocycles. The SMILES string of the molecule is O=C(Cc1cccc(O)c1)N1CCCCC1c1ccc(F)cc1. The van der Waals surface area contributed by atoms with Crippen LogP contribution in [-0.2, 0) is 11.2 Å². The van der Waals surface area contributed by atoms with E-state index in [1.54, 1.807) is 30.3 Å². The summed E-state index contributed by atoms with van der Waals surface area (Å²) < 4.78 is 13.1. The van der Waals surface area contributed by atoms with E-state index in [9.17, 15) is 14.3 Å². The van der Waals surface area contributed by atoms with Gasteiger partial charge in [0.1, 0.15) is 11.6 Å². The molecule has 1 amide bonds. The molecule has 1 fully saturated rings. The number of piperidine rings is 1. The van der Waals surface area contributed by atoms with Crippen molar-refractivity contribution in [3.63, 3.8) is 0 Å². The summed E-state index contributed by atoms with van der Waals surface area (Å²) in [5, 5.41) is 9.53. The standard InChI is InChI=1S/C19H20FNO2/c20-16-9-7-15(8-10-16)18-6-1-2-11-21(18)19(23)13-14-4-3-5-17(22)12-14/h3-5,7-10,12,18,22H,1-2,6,11,13H2. The molecular formula is C19H20FNO2. The molecule has 1 atom stereocenters. The molecule has 1 aliphatic heterocycles. The lowest BCUT2D eigenvalue weighted by molar-refractivity contribution is -0.134. The molecule has 1 N–H and O–H groups in total. The van der Waals surface area contributed by atoms with Crippen molar-refractivity contribution in [1.29, 1.82) is 0 Å². The molecule has 0 aromatic heterocycles. The predicted molar refractivity (Wildman–Crippen MR) is 86.5 cm³/mol. The van der Waals surface area contributed by atoms with E-state index in [4.69, 9.17) is 0 Å². The van der Waals surface area contributed by atoms with Crippen molar-refractivity contribution in [2.45, 2.75) is 31.7 Å². The Morgan fingerprint density at radius 1 is 1.17 bits per heavy atom. The number of nitrogens with zero attached hydrogens (tertiary/aromatic N) is 1. The zero-order valence-corrected chi connectivity index (χ0v) is 12.9. The van der Waals surface area contributed by atoms with Gasteiger partial charge in [0, 0.05) is 6.54 Å². The fraction of sp³-hybridized carbons (Fsp3) is 0.316. The molecule has 3 rings (SSSR count). The van der Waals surface area contributed by atoms with Crippen molar-refractivity contribution in [3.05, 3.63) is 65.5 Å². The number of likely N-dealkylation sites (tertiary alicyclic amines) is 1. The van der Waals surface area contributed by atoms with Gasteiger partial charge in [-0.25, -0.2) is 4.39 Å². The summed E-state index contributed by atoms with van der Waals surface area (Å²) in [5.41, 5.74) is 1.79. The Balaban J connectivity index is 1.77. The van der Waals surface area contributed by atoms with Gasteiger partial charge in [0.2, 0.25) is 5.91 Å². The Morgan fingerprint density at radius 2 is 1.96 bits per heavy atom. The number of hydrogen-bond donors (Lipinski definition) is 1. The van der Waals surface area contributed by atoms with Gasteiger partial charge in [-0.2, -0.15) is 0 Å². The van der Waals surface area contributed by atoms with E-state index in [0.29, 0.717) is 0 Å². The van der Waals surface area contributed by atoms with Crippen LogP contribution in [0, 0.1) is 5.82 Å². The number of halogens is 1. The lowest BCUT2D eigenvalue weighted by Gasteiger charge is -2.36. The topological polar surface area (TPSA) is 40.5 Å². The molecule has 0 spiro atoms. The molecule has 120 valence electrons. The van der Waals surface area contributed by atoms with E-state index in [-0.39, 0.29) is 29.9 Å². The first-order valence-corrected chi connectivity index (χ1v) is 7.96. The van der Waals surface area contributed by atoms with E-state index < -0.39 is 0 Å². The summed E-state index contributed by atoms with van der Waals surface area (Å²) in [4.78, 5) is 14.6. The minimum Gasteiger partial charge on any atom is -0.508 e. The first-order valence-electron chi connectivity index (χ1n) is 7.96. The van der Waals surface area contributed by atoms with Gasteiger partial charge in [-0.3, -0.25) is 4.79 Å². The minimum absolute atomic E-state index is 0.00848. The van der Waals surface area contributed by atoms with Gasteiger partial charge in [-0.15, -0.1) is 0 Å². The van der Waals surface area contributed by atoms with Crippen LogP contribution in [0.25, 0.3) is 0 Å². The quantitative estimate of drug-likeness (QED) is 0.935. The van der Waals surface area contributed by atoms with E-state index in [1.165, 1.54) is 12.1 Å². The highest BCUT2D eigenvalue weighted by atomic mass is 19.1. The smallest absolute Gasteiger partial charge is 0.227 e. The molecule has 1 unspecified atom stereocenters. The summed E-state index contributed by atoms with van der Waals surface area (Å²) in [7, 11) is 0. The molecule has 0 bridgehead atoms. The van der Waals surface area contributed by atoms with Crippen LogP contribution >= 0.6 is 0 Å². The number of benzene rings is 2. The molecular weight excluding hydrogens is 293 g/mol. The van der Waals surface area contributed by atoms with Crippen LogP contribution in [0.2, 0.25) is 0 Å². The number of phenolic OH excluding ortho intramolecular Hbond substituents is 1. The Bertz CT molecular complexity index is 684. The summed E-state index contributed by atoms with van der Waals surface area (Å²) >= 11 is 0. The van der Waals surface area contributed by atoms with Crippen LogP contribution in [0.15, 0.2) is 48.5 Å². The summed E-state index contributed by atoms with van der Waals surface area (Å²) in [5.74, 6) is -0.0455. The first-order chi connectivity index (χ1) is 11.1. The third-order valence-electron chi connectivity index (χ3n) is 4.34. The van der Waals surface area contributed by atoms with Gasteiger partial charge in [-0.1, -0.05) is 24.3 Å². The fourth-order valence-electron chi connectivity index (χ4n) is 3.20. The minimum atomic E-state index is -0.262. The highest BCUT2D eigenvalue weighted by molar-refractivity contribution is 5.79. The average Bonchev–Trinajstić information content (AvgIpc) is 2.55. The lowest BCUT2D eigenvalue weighted by atomic mass is 9.94. The van der Waals surface area contributed by atoms with Crippen molar-refractivity contribution < 1.29 is 14.3 Å². The first kappa shape index (κ1) is 15.5. The molecule has 1 aliphatic rings. The van der Waals surface area contributed by atoms with E-state index >= 15 is 0 Å². The molecule has 3 nitrogen and oxygen atoms in total. The highest BCUT2D eigenvalue weighted by Gasteiger charge is 2.27. The van der Waals surface area contributed by atoms with Crippen molar-refractivity contribution >= 4 is 5.91 Å². The van der Waals surface area contributed by atoms with E-state index in [0.717, 1.165) is 36.9 Å². The molecule has 0 saturated carbocycles. The predicted octanol–water partition coefficient (Wildman–Crippen LogP) is 3.83. The maximum absolute atomic E-state index is 13.1. The number of carbonyl (C=O) groups is 1. The summed E-state index contributed by atoms with van der Waals surface area (Å²) in [6.45, 7) is 0.722. The molecule has 23 heavy (non-hydrogen) atoms. The number of hydrogen-bond acceptors (Lipinski definition) is 2. The Morgan fingerprint density at radius 3 is 2.70 bits per heavy atom. The van der Waals surface area contributed by atoms with Crippen LogP contribution in [-0.4, -0.2) is 22.5 Å². The van der Waals surface area contributed by atoms with Crippen LogP contribution in [0.4, 0.5) is 4.39 Å². The Labute approximate surface area is 135 Å². The molecule has 0 aliphatic carbocycles. The van der Waals surface area contributed by atoms with Crippen LogP contribution in [0.5, 0.6) is 5.75 Å². The van der Waals surface area contributed by atoms with E-state index in [1.807, 2.05) is 11.0 Å². The second-order valence-corrected chi connectivity index (χ2v) is 6.00. The lowest BCUT2D eigenvalue weighted by Crippen LogP contribution is -2.39. The number of carbonyl (C=O) groups excluding carboxylic acids is 1. The van der Waals surface area contributed by atoms with Gasteiger partial charge >= 0.3 is 0 Å². The van der Waals surface area contributed by atoms with Gasteiger partial charge in [-0.05, 0) is 54.7 Å². The molecule has 2 aromatic rings. The zero-order chi connectivity index (χ0) is 16.2. The maximum Gasteiger partial charge on any atom is 0.227 e. The summed E-state index contributed by atoms with van der Waals surface area (Å²) in [6.07, 6.45) is 3.23. The molecule has 1 heterocycles. The largest absolute Gasteiger partial charge is 0.508 e. The number of aromatic hydroxyl groups is 1. The van der Waals surface area contributed by atoms with Gasteiger partial charge in [0.25, 0.3) is 0 Å². The fourth-order valence-corrected chi connectivity index (χ4v) is 3.20. The van der Waals surface area contributed by atoms with Crippen molar-refractivity contribution in [1.82, 2.24) is 4.90 Å². The normalized spacial score (nSPS) is 18.0. The Kier molecular flexibility index (Phi) is 4.60. The molecule has 4 heteroatoms. The Hall–Kier alpha value is -2.36. The van der Waals surface area contributed by atoms with E-state index in [2.05, 4.69) is 0 Å². The maximum atomic E-state index is 13.1. The number of phenols is 1. The number of rotatable bonds is 3. The van der Waals surface area contributed by atoms with Crippen LogP contribution in [0.3, 0.4) is 0 Å². The van der Waals surface area contributed by atoms with Crippen molar-refractivity contribution in [3.8, 4) is 5.75 Å². The van der Waals surface area contributed by atoms with Crippen molar-refractivity contribution in [2.75, 3.05) is 6.54 Å². The third kappa shape index (κ3) is 3.70. The van der Waals surface area contributed by atoms with Gasteiger partial charge < -0.3 is 10.0 Å². The zero-order valence-electron chi connectivity index (χ0n) is 12.9. The highest BCUT2D eigenvalue weighted by Crippen LogP contribution is 2.31. The third-order valence-corrected chi connectivity index (χ3v) is 4.34. The van der Waals surface area contributed by atoms with Gasteiger partial charge in [0.15, 0.2) is 0 Å². The summed E-state index contributed by atoms with van der Waals surface area (Å²) in [6, 6.07) is 13.2. The second kappa shape index (κ2) is 6.82. The van der Waals surface area contributed by atoms with Gasteiger partial charge in [0.05, 0.1) is 12.5 Å². The average molecular weight is 313 g/mol.